The summed E-state index contributed by atoms with van der Waals surface area (Å²) in [4.78, 5) is 12.7. The Labute approximate surface area is 85.0 Å². The van der Waals surface area contributed by atoms with Gasteiger partial charge in [-0.3, -0.25) is 0 Å². The topological polar surface area (TPSA) is 29.5 Å². The molecule has 1 amide bonds. The summed E-state index contributed by atoms with van der Waals surface area (Å²) in [6, 6.07) is 0. The van der Waals surface area contributed by atoms with Crippen LogP contribution in [-0.2, 0) is 4.74 Å². The molecule has 0 aliphatic rings. The molecule has 0 atom stereocenters. The van der Waals surface area contributed by atoms with Crippen LogP contribution in [0.2, 0.25) is 0 Å². The van der Waals surface area contributed by atoms with E-state index >= 15 is 0 Å². The molecule has 3 nitrogen and oxygen atoms in total. The summed E-state index contributed by atoms with van der Waals surface area (Å²) in [5.41, 5.74) is 0. The van der Waals surface area contributed by atoms with E-state index in [1.807, 2.05) is 0 Å². The Hall–Kier alpha value is -0.440. The molecule has 0 heterocycles. The number of amides is 1. The number of nitrogens with zero attached hydrogens (tertiary/aromatic N) is 1. The number of hydrogen-bond donors (Lipinski definition) is 0. The Balaban J connectivity index is 3.38. The standard InChI is InChI=1S/C9H18ClNO2/c1-3-13-9(12)11(2)8-6-4-5-7-10/h3-8H2,1-2H3. The van der Waals surface area contributed by atoms with Crippen LogP contribution in [0.3, 0.4) is 0 Å². The molecule has 0 aromatic rings. The lowest BCUT2D eigenvalue weighted by Crippen LogP contribution is -2.28. The molecule has 0 saturated carbocycles. The largest absolute Gasteiger partial charge is 0.450 e. The maximum atomic E-state index is 11.1. The van der Waals surface area contributed by atoms with Crippen molar-refractivity contribution < 1.29 is 9.53 Å². The van der Waals surface area contributed by atoms with Crippen LogP contribution in [0.4, 0.5) is 4.79 Å². The van der Waals surface area contributed by atoms with E-state index in [0.717, 1.165) is 25.8 Å². The Morgan fingerprint density at radius 1 is 1.38 bits per heavy atom. The Morgan fingerprint density at radius 3 is 2.62 bits per heavy atom. The van der Waals surface area contributed by atoms with E-state index in [0.29, 0.717) is 12.5 Å². The van der Waals surface area contributed by atoms with Crippen molar-refractivity contribution in [2.24, 2.45) is 0 Å². The van der Waals surface area contributed by atoms with Crippen LogP contribution >= 0.6 is 11.6 Å². The van der Waals surface area contributed by atoms with Crippen molar-refractivity contribution in [1.29, 1.82) is 0 Å². The number of unbranched alkanes of at least 4 members (excludes halogenated alkanes) is 2. The summed E-state index contributed by atoms with van der Waals surface area (Å²) in [5, 5.41) is 0. The molecule has 0 radical (unpaired) electrons. The quantitative estimate of drug-likeness (QED) is 0.495. The van der Waals surface area contributed by atoms with Crippen LogP contribution in [-0.4, -0.2) is 37.1 Å². The first-order chi connectivity index (χ1) is 6.22. The van der Waals surface area contributed by atoms with Gasteiger partial charge in [0.05, 0.1) is 6.61 Å². The van der Waals surface area contributed by atoms with Gasteiger partial charge < -0.3 is 9.64 Å². The Kier molecular flexibility index (Phi) is 7.90. The van der Waals surface area contributed by atoms with E-state index in [9.17, 15) is 4.79 Å². The van der Waals surface area contributed by atoms with Crippen LogP contribution in [0.15, 0.2) is 0 Å². The number of hydrogen-bond acceptors (Lipinski definition) is 2. The van der Waals surface area contributed by atoms with Crippen molar-refractivity contribution in [3.05, 3.63) is 0 Å². The minimum absolute atomic E-state index is 0.242. The highest BCUT2D eigenvalue weighted by Crippen LogP contribution is 2.00. The molecule has 0 N–H and O–H groups in total. The fourth-order valence-electron chi connectivity index (χ4n) is 0.945. The van der Waals surface area contributed by atoms with Crippen molar-refractivity contribution in [2.45, 2.75) is 26.2 Å². The van der Waals surface area contributed by atoms with E-state index < -0.39 is 0 Å². The monoisotopic (exact) mass is 207 g/mol. The lowest BCUT2D eigenvalue weighted by Gasteiger charge is -2.15. The zero-order chi connectivity index (χ0) is 10.1. The van der Waals surface area contributed by atoms with Gasteiger partial charge in [0, 0.05) is 19.5 Å². The second-order valence-corrected chi connectivity index (χ2v) is 3.25. The first-order valence-corrected chi connectivity index (χ1v) is 5.19. The van der Waals surface area contributed by atoms with Crippen LogP contribution in [0.1, 0.15) is 26.2 Å². The van der Waals surface area contributed by atoms with E-state index in [-0.39, 0.29) is 6.09 Å². The van der Waals surface area contributed by atoms with E-state index in [1.54, 1.807) is 18.9 Å². The third-order valence-corrected chi connectivity index (χ3v) is 1.97. The Bertz CT molecular complexity index is 142. The van der Waals surface area contributed by atoms with Gasteiger partial charge in [-0.25, -0.2) is 4.79 Å². The lowest BCUT2D eigenvalue weighted by atomic mass is 10.2. The molecule has 78 valence electrons. The zero-order valence-electron chi connectivity index (χ0n) is 8.38. The van der Waals surface area contributed by atoms with Crippen LogP contribution in [0.5, 0.6) is 0 Å². The van der Waals surface area contributed by atoms with Crippen LogP contribution in [0, 0.1) is 0 Å². The molecular weight excluding hydrogens is 190 g/mol. The summed E-state index contributed by atoms with van der Waals surface area (Å²) in [5.74, 6) is 0.698. The number of carbonyl (C=O) groups is 1. The van der Waals surface area contributed by atoms with Gasteiger partial charge >= 0.3 is 6.09 Å². The van der Waals surface area contributed by atoms with Crippen LogP contribution < -0.4 is 0 Å². The molecule has 0 rings (SSSR count). The minimum Gasteiger partial charge on any atom is -0.450 e. The average Bonchev–Trinajstić information content (AvgIpc) is 2.12. The smallest absolute Gasteiger partial charge is 0.409 e. The van der Waals surface area contributed by atoms with Gasteiger partial charge in [-0.1, -0.05) is 6.42 Å². The molecule has 0 aromatic carbocycles. The highest BCUT2D eigenvalue weighted by Gasteiger charge is 2.07. The normalized spacial score (nSPS) is 9.77. The summed E-state index contributed by atoms with van der Waals surface area (Å²) in [6.45, 7) is 2.99. The van der Waals surface area contributed by atoms with Crippen molar-refractivity contribution in [2.75, 3.05) is 26.1 Å². The maximum Gasteiger partial charge on any atom is 0.409 e. The molecular formula is C9H18ClNO2. The zero-order valence-corrected chi connectivity index (χ0v) is 9.14. The van der Waals surface area contributed by atoms with Gasteiger partial charge in [0.15, 0.2) is 0 Å². The van der Waals surface area contributed by atoms with E-state index in [1.165, 1.54) is 0 Å². The lowest BCUT2D eigenvalue weighted by molar-refractivity contribution is 0.115. The molecule has 4 heteroatoms. The highest BCUT2D eigenvalue weighted by atomic mass is 35.5. The second kappa shape index (κ2) is 8.17. The second-order valence-electron chi connectivity index (χ2n) is 2.87. The van der Waals surface area contributed by atoms with Crippen molar-refractivity contribution in [1.82, 2.24) is 4.90 Å². The van der Waals surface area contributed by atoms with Gasteiger partial charge in [0.25, 0.3) is 0 Å². The average molecular weight is 208 g/mol. The van der Waals surface area contributed by atoms with Crippen molar-refractivity contribution >= 4 is 17.7 Å². The number of ether oxygens (including phenoxy) is 1. The first-order valence-electron chi connectivity index (χ1n) is 4.66. The van der Waals surface area contributed by atoms with Crippen molar-refractivity contribution in [3.8, 4) is 0 Å². The SMILES string of the molecule is CCOC(=O)N(C)CCCCCCl. The summed E-state index contributed by atoms with van der Waals surface area (Å²) >= 11 is 5.52. The molecule has 0 unspecified atom stereocenters. The molecule has 13 heavy (non-hydrogen) atoms. The summed E-state index contributed by atoms with van der Waals surface area (Å²) in [6.07, 6.45) is 2.82. The maximum absolute atomic E-state index is 11.1. The molecule has 0 saturated heterocycles. The third-order valence-electron chi connectivity index (χ3n) is 1.71. The summed E-state index contributed by atoms with van der Waals surface area (Å²) < 4.78 is 4.82. The van der Waals surface area contributed by atoms with Crippen LogP contribution in [0.25, 0.3) is 0 Å². The van der Waals surface area contributed by atoms with E-state index in [4.69, 9.17) is 16.3 Å². The van der Waals surface area contributed by atoms with E-state index in [2.05, 4.69) is 0 Å². The fraction of sp³-hybridized carbons (Fsp3) is 0.889. The van der Waals surface area contributed by atoms with Crippen molar-refractivity contribution in [3.63, 3.8) is 0 Å². The molecule has 0 aliphatic heterocycles. The number of rotatable bonds is 6. The van der Waals surface area contributed by atoms with Gasteiger partial charge in [0.2, 0.25) is 0 Å². The first kappa shape index (κ1) is 12.6. The third kappa shape index (κ3) is 6.70. The minimum atomic E-state index is -0.242. The molecule has 0 bridgehead atoms. The predicted molar refractivity (Wildman–Crippen MR) is 54.2 cm³/mol. The predicted octanol–water partition coefficient (Wildman–Crippen LogP) is 2.48. The number of alkyl halides is 1. The number of halogens is 1. The molecule has 0 fully saturated rings. The van der Waals surface area contributed by atoms with Gasteiger partial charge in [0.1, 0.15) is 0 Å². The molecule has 0 aromatic heterocycles. The molecule has 0 aliphatic carbocycles. The van der Waals surface area contributed by atoms with Gasteiger partial charge in [-0.2, -0.15) is 0 Å². The number of carbonyl (C=O) groups excluding carboxylic acids is 1. The van der Waals surface area contributed by atoms with Gasteiger partial charge in [-0.05, 0) is 19.8 Å². The Morgan fingerprint density at radius 2 is 2.08 bits per heavy atom. The highest BCUT2D eigenvalue weighted by molar-refractivity contribution is 6.17. The summed E-state index contributed by atoms with van der Waals surface area (Å²) in [7, 11) is 1.75. The van der Waals surface area contributed by atoms with Gasteiger partial charge in [-0.15, -0.1) is 11.6 Å². The molecule has 0 spiro atoms. The fourth-order valence-corrected chi connectivity index (χ4v) is 1.13.